The molecule has 1 amide bonds. The van der Waals surface area contributed by atoms with Crippen LogP contribution >= 0.6 is 0 Å². The Hall–Kier alpha value is -4.43. The van der Waals surface area contributed by atoms with Crippen LogP contribution in [-0.4, -0.2) is 5.91 Å². The van der Waals surface area contributed by atoms with Crippen LogP contribution < -0.4 is 10.1 Å². The molecule has 32 heavy (non-hydrogen) atoms. The number of hydrogen-bond donors (Lipinski definition) is 1. The highest BCUT2D eigenvalue weighted by Gasteiger charge is 2.33. The lowest BCUT2D eigenvalue weighted by molar-refractivity contribution is 0.0948. The van der Waals surface area contributed by atoms with Crippen molar-refractivity contribution in [3.05, 3.63) is 125 Å². The molecule has 4 nitrogen and oxygen atoms in total. The van der Waals surface area contributed by atoms with Crippen LogP contribution in [0.15, 0.2) is 102 Å². The molecule has 5 heteroatoms. The summed E-state index contributed by atoms with van der Waals surface area (Å²) in [4.78, 5) is 12.9. The molecule has 1 unspecified atom stereocenters. The first-order chi connectivity index (χ1) is 15.7. The molecule has 4 aromatic carbocycles. The second-order valence-electron chi connectivity index (χ2n) is 7.47. The maximum Gasteiger partial charge on any atom is 0.257 e. The number of amides is 1. The van der Waals surface area contributed by atoms with Gasteiger partial charge < -0.3 is 4.74 Å². The van der Waals surface area contributed by atoms with Gasteiger partial charge in [-0.15, -0.1) is 0 Å². The van der Waals surface area contributed by atoms with Crippen LogP contribution in [0.4, 0.5) is 4.39 Å². The molecule has 1 aliphatic rings. The largest absolute Gasteiger partial charge is 0.439 e. The number of carbonyl (C=O) groups is 1. The molecule has 1 atom stereocenters. The van der Waals surface area contributed by atoms with E-state index in [0.29, 0.717) is 11.3 Å². The van der Waals surface area contributed by atoms with E-state index < -0.39 is 5.92 Å². The maximum absolute atomic E-state index is 13.6. The first-order valence-corrected chi connectivity index (χ1v) is 10.1. The van der Waals surface area contributed by atoms with Crippen molar-refractivity contribution in [3.63, 3.8) is 0 Å². The number of halogens is 1. The second kappa shape index (κ2) is 8.01. The summed E-state index contributed by atoms with van der Waals surface area (Å²) in [5.74, 6) is -0.603. The Labute approximate surface area is 184 Å². The molecule has 1 N–H and O–H groups in total. The lowest BCUT2D eigenvalue weighted by atomic mass is 9.82. The standard InChI is InChI=1S/C27H17FN2O2/c28-20-13-10-18(11-14-20)24-22-15-12-17-6-4-5-9-21(17)25(22)32-27(23(24)16-29)30-26(31)19-7-2-1-3-8-19/h1-15,24H,(H,30,31). The van der Waals surface area contributed by atoms with Crippen molar-refractivity contribution in [2.24, 2.45) is 0 Å². The third-order valence-electron chi connectivity index (χ3n) is 5.55. The molecule has 1 aliphatic heterocycles. The first kappa shape index (κ1) is 19.5. The highest BCUT2D eigenvalue weighted by Crippen LogP contribution is 2.45. The lowest BCUT2D eigenvalue weighted by Crippen LogP contribution is -2.31. The Morgan fingerprint density at radius 2 is 1.62 bits per heavy atom. The predicted molar refractivity (Wildman–Crippen MR) is 119 cm³/mol. The van der Waals surface area contributed by atoms with Gasteiger partial charge in [0, 0.05) is 16.5 Å². The minimum atomic E-state index is -0.514. The number of rotatable bonds is 3. The highest BCUT2D eigenvalue weighted by atomic mass is 19.1. The SMILES string of the molecule is N#CC1=C(NC(=O)c2ccccc2)Oc2c(ccc3ccccc23)C1c1ccc(F)cc1. The monoisotopic (exact) mass is 420 g/mol. The Morgan fingerprint density at radius 3 is 2.38 bits per heavy atom. The fourth-order valence-corrected chi connectivity index (χ4v) is 4.02. The van der Waals surface area contributed by atoms with E-state index in [4.69, 9.17) is 4.74 Å². The fourth-order valence-electron chi connectivity index (χ4n) is 4.02. The van der Waals surface area contributed by atoms with Gasteiger partial charge in [0.2, 0.25) is 5.88 Å². The third kappa shape index (κ3) is 3.38. The van der Waals surface area contributed by atoms with Gasteiger partial charge in [0.05, 0.1) is 5.92 Å². The molecule has 0 saturated carbocycles. The van der Waals surface area contributed by atoms with Crippen LogP contribution in [0.2, 0.25) is 0 Å². The molecule has 0 aliphatic carbocycles. The average Bonchev–Trinajstić information content (AvgIpc) is 2.84. The average molecular weight is 420 g/mol. The second-order valence-corrected chi connectivity index (χ2v) is 7.47. The molecular formula is C27H17FN2O2. The Bertz CT molecular complexity index is 1400. The number of fused-ring (bicyclic) bond motifs is 3. The quantitative estimate of drug-likeness (QED) is 0.465. The molecule has 0 fully saturated rings. The van der Waals surface area contributed by atoms with Gasteiger partial charge in [0.15, 0.2) is 0 Å². The number of nitriles is 1. The van der Waals surface area contributed by atoms with Crippen molar-refractivity contribution in [2.45, 2.75) is 5.92 Å². The van der Waals surface area contributed by atoms with E-state index in [2.05, 4.69) is 11.4 Å². The van der Waals surface area contributed by atoms with Crippen LogP contribution in [0.5, 0.6) is 5.75 Å². The maximum atomic E-state index is 13.6. The molecule has 0 saturated heterocycles. The van der Waals surface area contributed by atoms with Gasteiger partial charge in [-0.1, -0.05) is 66.7 Å². The molecular weight excluding hydrogens is 403 g/mol. The summed E-state index contributed by atoms with van der Waals surface area (Å²) in [6, 6.07) is 28.6. The summed E-state index contributed by atoms with van der Waals surface area (Å²) in [6.07, 6.45) is 0. The molecule has 0 bridgehead atoms. The lowest BCUT2D eigenvalue weighted by Gasteiger charge is -2.29. The number of hydrogen-bond acceptors (Lipinski definition) is 3. The van der Waals surface area contributed by atoms with Crippen molar-refractivity contribution < 1.29 is 13.9 Å². The summed E-state index contributed by atoms with van der Waals surface area (Å²) >= 11 is 0. The van der Waals surface area contributed by atoms with Gasteiger partial charge in [-0.05, 0) is 35.2 Å². The van der Waals surface area contributed by atoms with E-state index in [-0.39, 0.29) is 23.2 Å². The molecule has 4 aromatic rings. The molecule has 0 spiro atoms. The molecule has 154 valence electrons. The molecule has 0 radical (unpaired) electrons. The van der Waals surface area contributed by atoms with E-state index in [9.17, 15) is 14.4 Å². The summed E-state index contributed by atoms with van der Waals surface area (Å²) < 4.78 is 19.8. The van der Waals surface area contributed by atoms with E-state index in [1.54, 1.807) is 36.4 Å². The number of ether oxygens (including phenoxy) is 1. The van der Waals surface area contributed by atoms with Crippen molar-refractivity contribution >= 4 is 16.7 Å². The number of nitrogens with zero attached hydrogens (tertiary/aromatic N) is 1. The smallest absolute Gasteiger partial charge is 0.257 e. The predicted octanol–water partition coefficient (Wildman–Crippen LogP) is 5.67. The number of allylic oxidation sites excluding steroid dienone is 1. The van der Waals surface area contributed by atoms with Gasteiger partial charge in [-0.25, -0.2) is 4.39 Å². The normalized spacial score (nSPS) is 14.9. The zero-order valence-corrected chi connectivity index (χ0v) is 16.9. The first-order valence-electron chi connectivity index (χ1n) is 10.1. The Kier molecular flexibility index (Phi) is 4.89. The Balaban J connectivity index is 1.69. The van der Waals surface area contributed by atoms with Gasteiger partial charge in [0.1, 0.15) is 23.2 Å². The van der Waals surface area contributed by atoms with E-state index in [1.165, 1.54) is 12.1 Å². The van der Waals surface area contributed by atoms with Crippen LogP contribution in [0.1, 0.15) is 27.4 Å². The minimum absolute atomic E-state index is 0.0829. The van der Waals surface area contributed by atoms with Crippen molar-refractivity contribution in [1.29, 1.82) is 5.26 Å². The van der Waals surface area contributed by atoms with Crippen LogP contribution in [-0.2, 0) is 0 Å². The van der Waals surface area contributed by atoms with E-state index in [1.807, 2.05) is 42.5 Å². The zero-order chi connectivity index (χ0) is 22.1. The van der Waals surface area contributed by atoms with Crippen LogP contribution in [0.3, 0.4) is 0 Å². The van der Waals surface area contributed by atoms with E-state index >= 15 is 0 Å². The number of carbonyl (C=O) groups excluding carboxylic acids is 1. The van der Waals surface area contributed by atoms with E-state index in [0.717, 1.165) is 21.9 Å². The topological polar surface area (TPSA) is 62.1 Å². The highest BCUT2D eigenvalue weighted by molar-refractivity contribution is 5.96. The summed E-state index contributed by atoms with van der Waals surface area (Å²) in [7, 11) is 0. The van der Waals surface area contributed by atoms with Crippen LogP contribution in [0, 0.1) is 17.1 Å². The molecule has 1 heterocycles. The third-order valence-corrected chi connectivity index (χ3v) is 5.55. The Morgan fingerprint density at radius 1 is 0.906 bits per heavy atom. The van der Waals surface area contributed by atoms with Crippen LogP contribution in [0.25, 0.3) is 10.8 Å². The summed E-state index contributed by atoms with van der Waals surface area (Å²) in [5, 5.41) is 14.7. The summed E-state index contributed by atoms with van der Waals surface area (Å²) in [6.45, 7) is 0. The fraction of sp³-hybridized carbons (Fsp3) is 0.0370. The van der Waals surface area contributed by atoms with Crippen molar-refractivity contribution in [2.75, 3.05) is 0 Å². The van der Waals surface area contributed by atoms with Gasteiger partial charge in [-0.2, -0.15) is 5.26 Å². The zero-order valence-electron chi connectivity index (χ0n) is 16.9. The molecule has 5 rings (SSSR count). The van der Waals surface area contributed by atoms with Gasteiger partial charge >= 0.3 is 0 Å². The number of benzene rings is 4. The minimum Gasteiger partial charge on any atom is -0.439 e. The van der Waals surface area contributed by atoms with Crippen molar-refractivity contribution in [1.82, 2.24) is 5.32 Å². The molecule has 0 aromatic heterocycles. The van der Waals surface area contributed by atoms with Crippen molar-refractivity contribution in [3.8, 4) is 11.8 Å². The van der Waals surface area contributed by atoms with Gasteiger partial charge in [-0.3, -0.25) is 10.1 Å². The van der Waals surface area contributed by atoms with Gasteiger partial charge in [0.25, 0.3) is 5.91 Å². The number of nitrogens with one attached hydrogen (secondary N) is 1. The summed E-state index contributed by atoms with van der Waals surface area (Å²) in [5.41, 5.74) is 2.21.